The fraction of sp³-hybridized carbons (Fsp3) is 0.632. The maximum atomic E-state index is 12.5. The first-order valence-corrected chi connectivity index (χ1v) is 8.80. The number of hydrogen-bond acceptors (Lipinski definition) is 2. The summed E-state index contributed by atoms with van der Waals surface area (Å²) in [7, 11) is 0. The number of likely N-dealkylation sites (tertiary alicyclic amines) is 1. The zero-order valence-electron chi connectivity index (χ0n) is 14.1. The maximum Gasteiger partial charge on any atom is 0.224 e. The third-order valence-electron chi connectivity index (χ3n) is 4.76. The summed E-state index contributed by atoms with van der Waals surface area (Å²) in [4.78, 5) is 17.0. The van der Waals surface area contributed by atoms with Crippen molar-refractivity contribution in [3.8, 4) is 0 Å². The molecular weight excluding hydrogens is 272 g/mol. The van der Waals surface area contributed by atoms with Gasteiger partial charge in [-0.05, 0) is 37.8 Å². The highest BCUT2D eigenvalue weighted by Gasteiger charge is 2.25. The van der Waals surface area contributed by atoms with Crippen LogP contribution in [0.15, 0.2) is 30.3 Å². The molecule has 1 saturated heterocycles. The first-order chi connectivity index (χ1) is 10.7. The maximum absolute atomic E-state index is 12.5. The minimum atomic E-state index is 0.345. The Bertz CT molecular complexity index is 446. The van der Waals surface area contributed by atoms with Gasteiger partial charge in [0, 0.05) is 32.1 Å². The summed E-state index contributed by atoms with van der Waals surface area (Å²) in [5, 5.41) is 0. The molecule has 0 spiro atoms. The van der Waals surface area contributed by atoms with Crippen molar-refractivity contribution in [3.05, 3.63) is 35.9 Å². The van der Waals surface area contributed by atoms with Crippen LogP contribution in [0.1, 0.15) is 51.5 Å². The quantitative estimate of drug-likeness (QED) is 0.767. The van der Waals surface area contributed by atoms with Gasteiger partial charge in [0.25, 0.3) is 0 Å². The van der Waals surface area contributed by atoms with Gasteiger partial charge in [-0.15, -0.1) is 0 Å². The van der Waals surface area contributed by atoms with Crippen LogP contribution in [0.2, 0.25) is 0 Å². The van der Waals surface area contributed by atoms with Gasteiger partial charge in [0.05, 0.1) is 0 Å². The summed E-state index contributed by atoms with van der Waals surface area (Å²) in [6, 6.07) is 11.0. The lowest BCUT2D eigenvalue weighted by atomic mass is 9.99. The molecule has 3 nitrogen and oxygen atoms in total. The Balaban J connectivity index is 1.83. The number of hydrogen-bond donors (Lipinski definition) is 0. The van der Waals surface area contributed by atoms with Crippen LogP contribution in [0.3, 0.4) is 0 Å². The van der Waals surface area contributed by atoms with Crippen molar-refractivity contribution >= 4 is 5.91 Å². The highest BCUT2D eigenvalue weighted by Crippen LogP contribution is 2.20. The third-order valence-corrected chi connectivity index (χ3v) is 4.76. The third kappa shape index (κ3) is 4.84. The van der Waals surface area contributed by atoms with Crippen molar-refractivity contribution < 1.29 is 4.79 Å². The number of carbonyl (C=O) groups excluding carboxylic acids is 1. The monoisotopic (exact) mass is 302 g/mol. The normalized spacial score (nSPS) is 18.7. The lowest BCUT2D eigenvalue weighted by Gasteiger charge is -2.35. The largest absolute Gasteiger partial charge is 0.340 e. The van der Waals surface area contributed by atoms with E-state index in [-0.39, 0.29) is 0 Å². The highest BCUT2D eigenvalue weighted by molar-refractivity contribution is 5.76. The second-order valence-corrected chi connectivity index (χ2v) is 6.25. The van der Waals surface area contributed by atoms with Crippen molar-refractivity contribution in [1.29, 1.82) is 0 Å². The fourth-order valence-electron chi connectivity index (χ4n) is 3.34. The van der Waals surface area contributed by atoms with Gasteiger partial charge in [-0.1, -0.05) is 44.2 Å². The Morgan fingerprint density at radius 2 is 2.00 bits per heavy atom. The topological polar surface area (TPSA) is 23.6 Å². The standard InChI is InChI=1S/C19H30N2O/c1-3-18-12-8-9-14-21(18)19(22)13-15-20(4-2)16-17-10-6-5-7-11-17/h5-7,10-11,18H,3-4,8-9,12-16H2,1-2H3. The summed E-state index contributed by atoms with van der Waals surface area (Å²) in [6.07, 6.45) is 5.37. The van der Waals surface area contributed by atoms with E-state index in [2.05, 4.69) is 47.9 Å². The van der Waals surface area contributed by atoms with Crippen LogP contribution in [0.4, 0.5) is 0 Å². The van der Waals surface area contributed by atoms with Gasteiger partial charge in [0.1, 0.15) is 0 Å². The van der Waals surface area contributed by atoms with Gasteiger partial charge in [0.15, 0.2) is 0 Å². The molecule has 1 aliphatic rings. The molecule has 1 aromatic carbocycles. The van der Waals surface area contributed by atoms with Crippen LogP contribution >= 0.6 is 0 Å². The SMILES string of the molecule is CCC1CCCCN1C(=O)CCN(CC)Cc1ccccc1. The van der Waals surface area contributed by atoms with Crippen molar-refractivity contribution in [3.63, 3.8) is 0 Å². The van der Waals surface area contributed by atoms with Crippen LogP contribution in [0.25, 0.3) is 0 Å². The molecule has 0 N–H and O–H groups in total. The van der Waals surface area contributed by atoms with E-state index >= 15 is 0 Å². The summed E-state index contributed by atoms with van der Waals surface area (Å²) in [5.41, 5.74) is 1.32. The Labute approximate surface area is 135 Å². The minimum Gasteiger partial charge on any atom is -0.340 e. The molecule has 1 unspecified atom stereocenters. The molecule has 122 valence electrons. The highest BCUT2D eigenvalue weighted by atomic mass is 16.2. The molecule has 1 fully saturated rings. The molecule has 1 aromatic rings. The smallest absolute Gasteiger partial charge is 0.224 e. The molecule has 1 aliphatic heterocycles. The van der Waals surface area contributed by atoms with Crippen LogP contribution < -0.4 is 0 Å². The van der Waals surface area contributed by atoms with Gasteiger partial charge in [-0.25, -0.2) is 0 Å². The molecule has 0 radical (unpaired) electrons. The van der Waals surface area contributed by atoms with Gasteiger partial charge in [-0.2, -0.15) is 0 Å². The van der Waals surface area contributed by atoms with Gasteiger partial charge in [-0.3, -0.25) is 9.69 Å². The van der Waals surface area contributed by atoms with E-state index in [9.17, 15) is 4.79 Å². The second-order valence-electron chi connectivity index (χ2n) is 6.25. The minimum absolute atomic E-state index is 0.345. The van der Waals surface area contributed by atoms with Crippen LogP contribution in [-0.2, 0) is 11.3 Å². The number of piperidine rings is 1. The van der Waals surface area contributed by atoms with Crippen LogP contribution in [0.5, 0.6) is 0 Å². The molecule has 0 aromatic heterocycles. The first-order valence-electron chi connectivity index (χ1n) is 8.80. The van der Waals surface area contributed by atoms with Crippen molar-refractivity contribution in [2.24, 2.45) is 0 Å². The lowest BCUT2D eigenvalue weighted by Crippen LogP contribution is -2.44. The number of nitrogens with zero attached hydrogens (tertiary/aromatic N) is 2. The van der Waals surface area contributed by atoms with Gasteiger partial charge < -0.3 is 4.90 Å². The molecular formula is C19H30N2O. The molecule has 22 heavy (non-hydrogen) atoms. The van der Waals surface area contributed by atoms with E-state index in [1.54, 1.807) is 0 Å². The lowest BCUT2D eigenvalue weighted by molar-refractivity contribution is -0.135. The van der Waals surface area contributed by atoms with E-state index in [4.69, 9.17) is 0 Å². The molecule has 0 aliphatic carbocycles. The Morgan fingerprint density at radius 1 is 1.23 bits per heavy atom. The Hall–Kier alpha value is -1.35. The Kier molecular flexibility index (Phi) is 6.91. The summed E-state index contributed by atoms with van der Waals surface area (Å²) < 4.78 is 0. The number of benzene rings is 1. The molecule has 2 rings (SSSR count). The van der Waals surface area contributed by atoms with E-state index in [1.165, 1.54) is 24.8 Å². The summed E-state index contributed by atoms with van der Waals surface area (Å²) in [5.74, 6) is 0.345. The summed E-state index contributed by atoms with van der Waals surface area (Å²) in [6.45, 7) is 8.10. The predicted molar refractivity (Wildman–Crippen MR) is 91.7 cm³/mol. The van der Waals surface area contributed by atoms with E-state index < -0.39 is 0 Å². The molecule has 1 heterocycles. The number of amides is 1. The Morgan fingerprint density at radius 3 is 2.68 bits per heavy atom. The number of rotatable bonds is 7. The second kappa shape index (κ2) is 8.94. The molecule has 0 saturated carbocycles. The zero-order chi connectivity index (χ0) is 15.8. The average Bonchev–Trinajstić information content (AvgIpc) is 2.59. The van der Waals surface area contributed by atoms with Crippen LogP contribution in [0, 0.1) is 0 Å². The average molecular weight is 302 g/mol. The van der Waals surface area contributed by atoms with Crippen molar-refractivity contribution in [2.45, 2.75) is 58.5 Å². The van der Waals surface area contributed by atoms with E-state index in [1.807, 2.05) is 6.07 Å². The summed E-state index contributed by atoms with van der Waals surface area (Å²) >= 11 is 0. The zero-order valence-corrected chi connectivity index (χ0v) is 14.1. The number of carbonyl (C=O) groups is 1. The van der Waals surface area contributed by atoms with E-state index in [0.717, 1.165) is 32.6 Å². The van der Waals surface area contributed by atoms with E-state index in [0.29, 0.717) is 18.4 Å². The van der Waals surface area contributed by atoms with Crippen molar-refractivity contribution in [1.82, 2.24) is 9.80 Å². The molecule has 1 atom stereocenters. The molecule has 1 amide bonds. The fourth-order valence-corrected chi connectivity index (χ4v) is 3.34. The first kappa shape index (κ1) is 17.0. The van der Waals surface area contributed by atoms with Gasteiger partial charge in [0.2, 0.25) is 5.91 Å². The predicted octanol–water partition coefficient (Wildman–Crippen LogP) is 3.69. The molecule has 3 heteroatoms. The van der Waals surface area contributed by atoms with Gasteiger partial charge >= 0.3 is 0 Å². The van der Waals surface area contributed by atoms with Crippen molar-refractivity contribution in [2.75, 3.05) is 19.6 Å². The molecule has 0 bridgehead atoms. The van der Waals surface area contributed by atoms with Crippen LogP contribution in [-0.4, -0.2) is 41.4 Å².